The Morgan fingerprint density at radius 3 is 2.73 bits per heavy atom. The summed E-state index contributed by atoms with van der Waals surface area (Å²) >= 11 is 5.94. The van der Waals surface area contributed by atoms with Crippen LogP contribution in [0.1, 0.15) is 62.1 Å². The maximum Gasteiger partial charge on any atom is 0.167 e. The molecule has 0 heterocycles. The predicted octanol–water partition coefficient (Wildman–Crippen LogP) is 5.90. The van der Waals surface area contributed by atoms with E-state index in [0.29, 0.717) is 29.3 Å². The quantitative estimate of drug-likeness (QED) is 0.669. The van der Waals surface area contributed by atoms with Crippen molar-refractivity contribution in [3.63, 3.8) is 0 Å². The zero-order chi connectivity index (χ0) is 18.7. The number of aliphatic imine (C=N–C) groups is 1. The van der Waals surface area contributed by atoms with Gasteiger partial charge < -0.3 is 5.11 Å². The molecular formula is C22H26ClNO2. The molecule has 0 atom stereocenters. The van der Waals surface area contributed by atoms with E-state index in [1.807, 2.05) is 32.0 Å². The lowest BCUT2D eigenvalue weighted by Crippen LogP contribution is -2.24. The van der Waals surface area contributed by atoms with Gasteiger partial charge >= 0.3 is 0 Å². The summed E-state index contributed by atoms with van der Waals surface area (Å²) in [5.74, 6) is 0.396. The number of aliphatic hydroxyl groups is 1. The SMILES string of the molecule is C/C=C(/Cl)C=NCc1ccc(C)c(C2=C(O)C3(CCCCC3)CC2=O)c1. The molecule has 2 aliphatic carbocycles. The van der Waals surface area contributed by atoms with Crippen molar-refractivity contribution in [3.8, 4) is 0 Å². The second-order valence-corrected chi connectivity index (χ2v) is 7.89. The van der Waals surface area contributed by atoms with Gasteiger partial charge in [-0.2, -0.15) is 0 Å². The highest BCUT2D eigenvalue weighted by Crippen LogP contribution is 2.52. The van der Waals surface area contributed by atoms with Gasteiger partial charge in [-0.25, -0.2) is 0 Å². The Labute approximate surface area is 160 Å². The number of ketones is 1. The molecular weight excluding hydrogens is 346 g/mol. The molecule has 0 bridgehead atoms. The predicted molar refractivity (Wildman–Crippen MR) is 108 cm³/mol. The number of aliphatic hydroxyl groups excluding tert-OH is 1. The van der Waals surface area contributed by atoms with Gasteiger partial charge in [-0.15, -0.1) is 0 Å². The summed E-state index contributed by atoms with van der Waals surface area (Å²) < 4.78 is 0. The van der Waals surface area contributed by atoms with Gasteiger partial charge in [0, 0.05) is 18.1 Å². The topological polar surface area (TPSA) is 49.7 Å². The molecule has 0 aliphatic heterocycles. The molecule has 0 aromatic heterocycles. The lowest BCUT2D eigenvalue weighted by molar-refractivity contribution is -0.114. The third-order valence-electron chi connectivity index (χ3n) is 5.66. The fourth-order valence-corrected chi connectivity index (χ4v) is 4.22. The molecule has 3 nitrogen and oxygen atoms in total. The van der Waals surface area contributed by atoms with Gasteiger partial charge in [0.15, 0.2) is 5.78 Å². The van der Waals surface area contributed by atoms with Gasteiger partial charge in [0.2, 0.25) is 0 Å². The van der Waals surface area contributed by atoms with Crippen LogP contribution in [0.2, 0.25) is 0 Å². The number of rotatable bonds is 4. The first kappa shape index (κ1) is 18.9. The molecule has 0 amide bonds. The van der Waals surface area contributed by atoms with Crippen LogP contribution in [0.3, 0.4) is 0 Å². The number of benzene rings is 1. The molecule has 1 N–H and O–H groups in total. The summed E-state index contributed by atoms with van der Waals surface area (Å²) in [7, 11) is 0. The molecule has 1 saturated carbocycles. The van der Waals surface area contributed by atoms with Crippen LogP contribution in [0.4, 0.5) is 0 Å². The largest absolute Gasteiger partial charge is 0.511 e. The monoisotopic (exact) mass is 371 g/mol. The van der Waals surface area contributed by atoms with Crippen molar-refractivity contribution in [1.29, 1.82) is 0 Å². The van der Waals surface area contributed by atoms with E-state index in [1.54, 1.807) is 12.3 Å². The molecule has 0 unspecified atom stereocenters. The fraction of sp³-hybridized carbons (Fsp3) is 0.455. The highest BCUT2D eigenvalue weighted by molar-refractivity contribution is 6.39. The number of hydrogen-bond acceptors (Lipinski definition) is 3. The number of carbonyl (C=O) groups excluding carboxylic acids is 1. The third-order valence-corrected chi connectivity index (χ3v) is 5.98. The maximum absolute atomic E-state index is 12.8. The normalized spacial score (nSPS) is 20.6. The number of Topliss-reactive ketones (excluding diaryl/α,β-unsaturated/α-hetero) is 1. The van der Waals surface area contributed by atoms with Crippen LogP contribution in [0.5, 0.6) is 0 Å². The Bertz CT molecular complexity index is 798. The van der Waals surface area contributed by atoms with E-state index in [4.69, 9.17) is 11.6 Å². The van der Waals surface area contributed by atoms with Gasteiger partial charge in [0.05, 0.1) is 17.2 Å². The van der Waals surface area contributed by atoms with E-state index in [-0.39, 0.29) is 11.2 Å². The zero-order valence-corrected chi connectivity index (χ0v) is 16.3. The Hall–Kier alpha value is -1.87. The Balaban J connectivity index is 1.94. The van der Waals surface area contributed by atoms with Gasteiger partial charge in [-0.3, -0.25) is 9.79 Å². The van der Waals surface area contributed by atoms with E-state index in [1.165, 1.54) is 6.42 Å². The summed E-state index contributed by atoms with van der Waals surface area (Å²) in [5.41, 5.74) is 3.07. The van der Waals surface area contributed by atoms with Crippen LogP contribution >= 0.6 is 11.6 Å². The number of hydrogen-bond donors (Lipinski definition) is 1. The molecule has 1 aromatic rings. The average molecular weight is 372 g/mol. The van der Waals surface area contributed by atoms with Crippen molar-refractivity contribution in [2.45, 2.75) is 58.9 Å². The van der Waals surface area contributed by atoms with E-state index < -0.39 is 0 Å². The number of aryl methyl sites for hydroxylation is 1. The summed E-state index contributed by atoms with van der Waals surface area (Å²) in [6.07, 6.45) is 9.07. The van der Waals surface area contributed by atoms with Gasteiger partial charge in [-0.05, 0) is 49.4 Å². The molecule has 2 aliphatic rings. The molecule has 4 heteroatoms. The first-order valence-electron chi connectivity index (χ1n) is 9.35. The van der Waals surface area contributed by atoms with Crippen molar-refractivity contribution >= 4 is 29.2 Å². The fourth-order valence-electron chi connectivity index (χ4n) is 4.15. The van der Waals surface area contributed by atoms with Crippen molar-refractivity contribution < 1.29 is 9.90 Å². The number of halogens is 1. The Kier molecular flexibility index (Phi) is 5.67. The van der Waals surface area contributed by atoms with Crippen LogP contribution in [-0.4, -0.2) is 17.1 Å². The van der Waals surface area contributed by atoms with Crippen LogP contribution in [-0.2, 0) is 11.3 Å². The Morgan fingerprint density at radius 2 is 2.04 bits per heavy atom. The molecule has 3 rings (SSSR count). The average Bonchev–Trinajstić information content (AvgIpc) is 2.87. The minimum atomic E-state index is -0.315. The van der Waals surface area contributed by atoms with Crippen LogP contribution < -0.4 is 0 Å². The molecule has 1 aromatic carbocycles. The number of carbonyl (C=O) groups is 1. The van der Waals surface area contributed by atoms with Crippen molar-refractivity contribution in [2.75, 3.05) is 0 Å². The van der Waals surface area contributed by atoms with Crippen LogP contribution in [0.15, 0.2) is 40.1 Å². The van der Waals surface area contributed by atoms with E-state index in [0.717, 1.165) is 42.4 Å². The number of nitrogens with zero attached hydrogens (tertiary/aromatic N) is 1. The maximum atomic E-state index is 12.8. The van der Waals surface area contributed by atoms with Crippen LogP contribution in [0.25, 0.3) is 5.57 Å². The van der Waals surface area contributed by atoms with Gasteiger partial charge in [-0.1, -0.05) is 49.1 Å². The smallest absolute Gasteiger partial charge is 0.167 e. The minimum Gasteiger partial charge on any atom is -0.511 e. The first-order chi connectivity index (χ1) is 12.5. The molecule has 0 saturated heterocycles. The summed E-state index contributed by atoms with van der Waals surface area (Å²) in [5, 5.41) is 11.6. The zero-order valence-electron chi connectivity index (χ0n) is 15.5. The molecule has 26 heavy (non-hydrogen) atoms. The molecule has 1 spiro atoms. The van der Waals surface area contributed by atoms with Crippen molar-refractivity contribution in [2.24, 2.45) is 10.4 Å². The van der Waals surface area contributed by atoms with E-state index >= 15 is 0 Å². The summed E-state index contributed by atoms with van der Waals surface area (Å²) in [6.45, 7) is 4.34. The van der Waals surface area contributed by atoms with E-state index in [2.05, 4.69) is 4.99 Å². The number of allylic oxidation sites excluding steroid dienone is 4. The van der Waals surface area contributed by atoms with Crippen molar-refractivity contribution in [3.05, 3.63) is 51.8 Å². The molecule has 1 fully saturated rings. The summed E-state index contributed by atoms with van der Waals surface area (Å²) in [6, 6.07) is 5.99. The highest BCUT2D eigenvalue weighted by Gasteiger charge is 2.46. The molecule has 138 valence electrons. The second kappa shape index (κ2) is 7.79. The summed E-state index contributed by atoms with van der Waals surface area (Å²) in [4.78, 5) is 17.1. The lowest BCUT2D eigenvalue weighted by atomic mass is 9.72. The van der Waals surface area contributed by atoms with Gasteiger partial charge in [0.25, 0.3) is 0 Å². The second-order valence-electron chi connectivity index (χ2n) is 7.46. The Morgan fingerprint density at radius 1 is 1.31 bits per heavy atom. The lowest BCUT2D eigenvalue weighted by Gasteiger charge is -2.32. The first-order valence-corrected chi connectivity index (χ1v) is 9.73. The van der Waals surface area contributed by atoms with Gasteiger partial charge in [0.1, 0.15) is 5.76 Å². The third kappa shape index (κ3) is 3.64. The minimum absolute atomic E-state index is 0.0742. The van der Waals surface area contributed by atoms with Crippen LogP contribution in [0, 0.1) is 12.3 Å². The van der Waals surface area contributed by atoms with E-state index in [9.17, 15) is 9.90 Å². The standard InChI is InChI=1S/C22H26ClNO2/c1-3-17(23)14-24-13-16-8-7-15(2)18(11-16)20-19(25)12-22(21(20)26)9-5-4-6-10-22/h3,7-8,11,14,26H,4-6,9-10,12-13H2,1-2H3/b17-3+,24-14?. The highest BCUT2D eigenvalue weighted by atomic mass is 35.5. The molecule has 0 radical (unpaired) electrons. The van der Waals surface area contributed by atoms with Crippen molar-refractivity contribution in [1.82, 2.24) is 0 Å².